The van der Waals surface area contributed by atoms with Gasteiger partial charge < -0.3 is 5.32 Å². The Balaban J connectivity index is 2.30. The van der Waals surface area contributed by atoms with Crippen LogP contribution in [0.25, 0.3) is 6.08 Å². The van der Waals surface area contributed by atoms with E-state index in [1.165, 1.54) is 0 Å². The van der Waals surface area contributed by atoms with Crippen molar-refractivity contribution in [3.63, 3.8) is 0 Å². The van der Waals surface area contributed by atoms with Crippen molar-refractivity contribution in [2.24, 2.45) is 0 Å². The maximum atomic E-state index is 12.8. The molecular weight excluding hydrogens is 453 g/mol. The molecule has 0 bridgehead atoms. The van der Waals surface area contributed by atoms with Crippen molar-refractivity contribution < 1.29 is 44.3 Å². The van der Waals surface area contributed by atoms with Crippen LogP contribution in [0, 0.1) is 0 Å². The zero-order chi connectivity index (χ0) is 22.9. The van der Waals surface area contributed by atoms with Gasteiger partial charge in [0.25, 0.3) is 0 Å². The number of hydrogen-bond acceptors (Lipinski definition) is 1. The van der Waals surface area contributed by atoms with E-state index in [0.717, 1.165) is 12.1 Å². The Hall–Kier alpha value is -2.69. The molecule has 1 amide bonds. The van der Waals surface area contributed by atoms with Gasteiger partial charge in [-0.3, -0.25) is 4.79 Å². The number of carbonyl (C=O) groups excluding carboxylic acids is 1. The Morgan fingerprint density at radius 2 is 1.27 bits per heavy atom. The highest BCUT2D eigenvalue weighted by Crippen LogP contribution is 2.37. The number of carbonyl (C=O) groups is 1. The first-order valence-corrected chi connectivity index (χ1v) is 8.10. The van der Waals surface area contributed by atoms with Crippen LogP contribution in [0.2, 0.25) is 5.02 Å². The quantitative estimate of drug-likeness (QED) is 0.385. The molecule has 0 aromatic heterocycles. The van der Waals surface area contributed by atoms with E-state index in [0.29, 0.717) is 18.2 Å². The predicted octanol–water partition coefficient (Wildman–Crippen LogP) is 7.05. The van der Waals surface area contributed by atoms with Gasteiger partial charge in [-0.25, -0.2) is 0 Å². The molecule has 0 saturated carbocycles. The molecule has 162 valence electrons. The third kappa shape index (κ3) is 6.15. The van der Waals surface area contributed by atoms with E-state index < -0.39 is 46.8 Å². The van der Waals surface area contributed by atoms with Crippen LogP contribution in [0.5, 0.6) is 0 Å². The lowest BCUT2D eigenvalue weighted by Crippen LogP contribution is -2.14. The predicted molar refractivity (Wildman–Crippen MR) is 90.6 cm³/mol. The number of benzene rings is 2. The largest absolute Gasteiger partial charge is 0.416 e. The lowest BCUT2D eigenvalue weighted by atomic mass is 10.1. The van der Waals surface area contributed by atoms with Gasteiger partial charge in [0, 0.05) is 16.8 Å². The Bertz CT molecular complexity index is 943. The number of halogens is 10. The first kappa shape index (κ1) is 23.6. The number of hydrogen-bond donors (Lipinski definition) is 1. The van der Waals surface area contributed by atoms with Crippen LogP contribution in [-0.2, 0) is 23.3 Å². The highest BCUT2D eigenvalue weighted by Gasteiger charge is 2.37. The fourth-order valence-corrected chi connectivity index (χ4v) is 2.40. The van der Waals surface area contributed by atoms with Gasteiger partial charge in [-0.05, 0) is 48.0 Å². The second-order valence-corrected chi connectivity index (χ2v) is 6.26. The van der Waals surface area contributed by atoms with E-state index >= 15 is 0 Å². The summed E-state index contributed by atoms with van der Waals surface area (Å²) < 4.78 is 115. The molecule has 0 spiro atoms. The van der Waals surface area contributed by atoms with Crippen LogP contribution in [0.1, 0.15) is 22.3 Å². The van der Waals surface area contributed by atoms with Gasteiger partial charge in [-0.1, -0.05) is 11.6 Å². The average Bonchev–Trinajstić information content (AvgIpc) is 2.58. The van der Waals surface area contributed by atoms with Gasteiger partial charge in [0.1, 0.15) is 0 Å². The second-order valence-electron chi connectivity index (χ2n) is 5.85. The summed E-state index contributed by atoms with van der Waals surface area (Å²) in [6.45, 7) is 0. The molecule has 0 fully saturated rings. The zero-order valence-electron chi connectivity index (χ0n) is 14.3. The molecule has 0 aliphatic heterocycles. The molecule has 0 heterocycles. The monoisotopic (exact) mass is 461 g/mol. The standard InChI is InChI=1S/C18H9ClF9NO/c19-14-3-2-10(16(20,21)22)5-9(14)1-4-15(30)29-13-7-11(17(23,24)25)6-12(8-13)18(26,27)28/h1-8H,(H,29,30)/b4-1+. The van der Waals surface area contributed by atoms with Crippen LogP contribution in [-0.4, -0.2) is 5.91 Å². The SMILES string of the molecule is O=C(/C=C/c1cc(C(F)(F)F)ccc1Cl)Nc1cc(C(F)(F)F)cc(C(F)(F)F)c1. The van der Waals surface area contributed by atoms with Crippen LogP contribution in [0.15, 0.2) is 42.5 Å². The molecular formula is C18H9ClF9NO. The van der Waals surface area contributed by atoms with E-state index in [4.69, 9.17) is 11.6 Å². The smallest absolute Gasteiger partial charge is 0.322 e. The van der Waals surface area contributed by atoms with E-state index in [1.807, 2.05) is 5.32 Å². The molecule has 2 nitrogen and oxygen atoms in total. The van der Waals surface area contributed by atoms with Crippen molar-refractivity contribution >= 4 is 29.3 Å². The van der Waals surface area contributed by atoms with Crippen molar-refractivity contribution in [3.8, 4) is 0 Å². The maximum Gasteiger partial charge on any atom is 0.416 e. The topological polar surface area (TPSA) is 29.1 Å². The van der Waals surface area contributed by atoms with Gasteiger partial charge in [0.15, 0.2) is 0 Å². The molecule has 0 aliphatic rings. The molecule has 12 heteroatoms. The molecule has 0 atom stereocenters. The highest BCUT2D eigenvalue weighted by molar-refractivity contribution is 6.32. The van der Waals surface area contributed by atoms with Crippen molar-refractivity contribution in [3.05, 3.63) is 69.8 Å². The minimum Gasteiger partial charge on any atom is -0.322 e. The summed E-state index contributed by atoms with van der Waals surface area (Å²) >= 11 is 5.73. The molecule has 2 aromatic rings. The highest BCUT2D eigenvalue weighted by atomic mass is 35.5. The Labute approximate surface area is 167 Å². The third-order valence-electron chi connectivity index (χ3n) is 3.59. The molecule has 0 radical (unpaired) electrons. The summed E-state index contributed by atoms with van der Waals surface area (Å²) in [4.78, 5) is 11.9. The minimum atomic E-state index is -5.11. The van der Waals surface area contributed by atoms with E-state index in [9.17, 15) is 44.3 Å². The molecule has 2 aromatic carbocycles. The van der Waals surface area contributed by atoms with Gasteiger partial charge in [0.2, 0.25) is 5.91 Å². The van der Waals surface area contributed by atoms with Gasteiger partial charge >= 0.3 is 18.5 Å². The Kier molecular flexibility index (Phi) is 6.45. The number of rotatable bonds is 3. The molecule has 0 saturated heterocycles. The summed E-state index contributed by atoms with van der Waals surface area (Å²) in [5.41, 5.74) is -5.39. The van der Waals surface area contributed by atoms with Crippen LogP contribution < -0.4 is 5.32 Å². The van der Waals surface area contributed by atoms with Crippen molar-refractivity contribution in [2.45, 2.75) is 18.5 Å². The van der Waals surface area contributed by atoms with Crippen molar-refractivity contribution in [2.75, 3.05) is 5.32 Å². The lowest BCUT2D eigenvalue weighted by Gasteiger charge is -2.14. The molecule has 0 aliphatic carbocycles. The molecule has 2 rings (SSSR count). The Morgan fingerprint density at radius 3 is 1.73 bits per heavy atom. The molecule has 0 unspecified atom stereocenters. The fraction of sp³-hybridized carbons (Fsp3) is 0.167. The van der Waals surface area contributed by atoms with Crippen molar-refractivity contribution in [1.29, 1.82) is 0 Å². The summed E-state index contributed by atoms with van der Waals surface area (Å²) in [5, 5.41) is 1.65. The number of nitrogens with one attached hydrogen (secondary N) is 1. The van der Waals surface area contributed by atoms with Gasteiger partial charge in [0.05, 0.1) is 16.7 Å². The van der Waals surface area contributed by atoms with Gasteiger partial charge in [-0.15, -0.1) is 0 Å². The minimum absolute atomic E-state index is 0.117. The van der Waals surface area contributed by atoms with E-state index in [1.54, 1.807) is 0 Å². The molecule has 1 N–H and O–H groups in total. The zero-order valence-corrected chi connectivity index (χ0v) is 15.1. The summed E-state index contributed by atoms with van der Waals surface area (Å²) in [6, 6.07) is 2.70. The van der Waals surface area contributed by atoms with Crippen LogP contribution in [0.4, 0.5) is 45.2 Å². The first-order valence-electron chi connectivity index (χ1n) is 7.72. The van der Waals surface area contributed by atoms with E-state index in [2.05, 4.69) is 0 Å². The molecule has 30 heavy (non-hydrogen) atoms. The Morgan fingerprint density at radius 1 is 0.767 bits per heavy atom. The summed E-state index contributed by atoms with van der Waals surface area (Å²) in [7, 11) is 0. The number of anilines is 1. The van der Waals surface area contributed by atoms with Crippen LogP contribution >= 0.6 is 11.6 Å². The normalized spacial score (nSPS) is 13.0. The van der Waals surface area contributed by atoms with Gasteiger partial charge in [-0.2, -0.15) is 39.5 Å². The summed E-state index contributed by atoms with van der Waals surface area (Å²) in [6.07, 6.45) is -13.5. The fourth-order valence-electron chi connectivity index (χ4n) is 2.22. The number of alkyl halides is 9. The van der Waals surface area contributed by atoms with E-state index in [-0.39, 0.29) is 28.8 Å². The second kappa shape index (κ2) is 8.21. The first-order chi connectivity index (χ1) is 13.6. The lowest BCUT2D eigenvalue weighted by molar-refractivity contribution is -0.143. The number of amides is 1. The maximum absolute atomic E-state index is 12.8. The van der Waals surface area contributed by atoms with Crippen LogP contribution in [0.3, 0.4) is 0 Å². The average molecular weight is 462 g/mol. The summed E-state index contributed by atoms with van der Waals surface area (Å²) in [5.74, 6) is -1.18. The third-order valence-corrected chi connectivity index (χ3v) is 3.94. The van der Waals surface area contributed by atoms with Crippen molar-refractivity contribution in [1.82, 2.24) is 0 Å².